The maximum Gasteiger partial charge on any atom is 0.222 e. The standard InChI is InChI=1S/C9H16N4O/c1-14-8-7-10-5-6-13-9-11-3-2-4-12-9/h2-4,10H,5-8H2,1H3,(H,11,12,13). The number of aromatic nitrogens is 2. The van der Waals surface area contributed by atoms with Gasteiger partial charge >= 0.3 is 0 Å². The van der Waals surface area contributed by atoms with Gasteiger partial charge in [0.15, 0.2) is 0 Å². The third-order valence-electron chi connectivity index (χ3n) is 1.63. The molecule has 0 bridgehead atoms. The Kier molecular flexibility index (Phi) is 5.62. The minimum Gasteiger partial charge on any atom is -0.383 e. The lowest BCUT2D eigenvalue weighted by Gasteiger charge is -2.05. The Bertz CT molecular complexity index is 230. The number of methoxy groups -OCH3 is 1. The van der Waals surface area contributed by atoms with Gasteiger partial charge in [0.05, 0.1) is 6.61 Å². The summed E-state index contributed by atoms with van der Waals surface area (Å²) >= 11 is 0. The fourth-order valence-corrected chi connectivity index (χ4v) is 0.952. The molecule has 1 aromatic rings. The Balaban J connectivity index is 1.99. The van der Waals surface area contributed by atoms with Gasteiger partial charge in [0.25, 0.3) is 0 Å². The number of hydrogen-bond acceptors (Lipinski definition) is 5. The number of nitrogens with one attached hydrogen (secondary N) is 2. The van der Waals surface area contributed by atoms with Crippen LogP contribution in [0.15, 0.2) is 18.5 Å². The molecule has 0 atom stereocenters. The molecular weight excluding hydrogens is 180 g/mol. The molecule has 0 radical (unpaired) electrons. The molecule has 2 N–H and O–H groups in total. The number of ether oxygens (including phenoxy) is 1. The molecule has 0 aliphatic carbocycles. The van der Waals surface area contributed by atoms with E-state index in [4.69, 9.17) is 4.74 Å². The Morgan fingerprint density at radius 2 is 2.00 bits per heavy atom. The normalized spacial score (nSPS) is 10.1. The number of anilines is 1. The van der Waals surface area contributed by atoms with Crippen LogP contribution in [0, 0.1) is 0 Å². The maximum atomic E-state index is 4.90. The van der Waals surface area contributed by atoms with Gasteiger partial charge in [0.2, 0.25) is 5.95 Å². The molecule has 0 amide bonds. The van der Waals surface area contributed by atoms with Crippen LogP contribution in [-0.4, -0.2) is 43.3 Å². The minimum absolute atomic E-state index is 0.668. The van der Waals surface area contributed by atoms with E-state index in [0.29, 0.717) is 5.95 Å². The second-order valence-corrected chi connectivity index (χ2v) is 2.74. The third kappa shape index (κ3) is 4.74. The van der Waals surface area contributed by atoms with Crippen molar-refractivity contribution in [3.63, 3.8) is 0 Å². The number of rotatable bonds is 7. The van der Waals surface area contributed by atoms with E-state index in [1.807, 2.05) is 0 Å². The summed E-state index contributed by atoms with van der Waals surface area (Å²) < 4.78 is 4.90. The van der Waals surface area contributed by atoms with Crippen molar-refractivity contribution in [3.8, 4) is 0 Å². The maximum absolute atomic E-state index is 4.90. The quantitative estimate of drug-likeness (QED) is 0.607. The summed E-state index contributed by atoms with van der Waals surface area (Å²) in [6, 6.07) is 1.79. The van der Waals surface area contributed by atoms with Gasteiger partial charge in [-0.05, 0) is 6.07 Å². The molecule has 5 heteroatoms. The molecule has 0 aliphatic rings. The third-order valence-corrected chi connectivity index (χ3v) is 1.63. The first-order chi connectivity index (χ1) is 6.93. The van der Waals surface area contributed by atoms with Crippen LogP contribution in [0.25, 0.3) is 0 Å². The van der Waals surface area contributed by atoms with Crippen molar-refractivity contribution >= 4 is 5.95 Å². The van der Waals surface area contributed by atoms with Crippen LogP contribution in [-0.2, 0) is 4.74 Å². The first kappa shape index (κ1) is 10.9. The molecule has 0 fully saturated rings. The van der Waals surface area contributed by atoms with Gasteiger partial charge in [-0.3, -0.25) is 0 Å². The summed E-state index contributed by atoms with van der Waals surface area (Å²) in [4.78, 5) is 8.08. The van der Waals surface area contributed by atoms with E-state index in [0.717, 1.165) is 26.2 Å². The second-order valence-electron chi connectivity index (χ2n) is 2.74. The Labute approximate surface area is 83.9 Å². The smallest absolute Gasteiger partial charge is 0.222 e. The SMILES string of the molecule is COCCNCCNc1ncccn1. The summed E-state index contributed by atoms with van der Waals surface area (Å²) in [6.45, 7) is 3.30. The van der Waals surface area contributed by atoms with E-state index in [2.05, 4.69) is 20.6 Å². The van der Waals surface area contributed by atoms with Crippen molar-refractivity contribution in [2.75, 3.05) is 38.7 Å². The Morgan fingerprint density at radius 3 is 2.71 bits per heavy atom. The van der Waals surface area contributed by atoms with Crippen molar-refractivity contribution in [2.24, 2.45) is 0 Å². The largest absolute Gasteiger partial charge is 0.383 e. The van der Waals surface area contributed by atoms with Crippen LogP contribution >= 0.6 is 0 Å². The zero-order valence-electron chi connectivity index (χ0n) is 8.36. The van der Waals surface area contributed by atoms with Gasteiger partial charge in [-0.25, -0.2) is 9.97 Å². The highest BCUT2D eigenvalue weighted by molar-refractivity contribution is 5.21. The Morgan fingerprint density at radius 1 is 1.21 bits per heavy atom. The van der Waals surface area contributed by atoms with Gasteiger partial charge < -0.3 is 15.4 Å². The van der Waals surface area contributed by atoms with Crippen LogP contribution in [0.4, 0.5) is 5.95 Å². The number of hydrogen-bond donors (Lipinski definition) is 2. The molecule has 78 valence electrons. The highest BCUT2D eigenvalue weighted by Crippen LogP contribution is 1.91. The van der Waals surface area contributed by atoms with E-state index in [1.165, 1.54) is 0 Å². The summed E-state index contributed by atoms with van der Waals surface area (Å²) in [5, 5.41) is 6.31. The lowest BCUT2D eigenvalue weighted by Crippen LogP contribution is -2.25. The molecule has 1 aromatic heterocycles. The van der Waals surface area contributed by atoms with E-state index in [-0.39, 0.29) is 0 Å². The minimum atomic E-state index is 0.668. The zero-order valence-corrected chi connectivity index (χ0v) is 8.36. The predicted octanol–water partition coefficient (Wildman–Crippen LogP) is 0.124. The van der Waals surface area contributed by atoms with E-state index >= 15 is 0 Å². The molecule has 1 heterocycles. The molecule has 0 saturated heterocycles. The molecule has 0 aliphatic heterocycles. The molecule has 1 rings (SSSR count). The van der Waals surface area contributed by atoms with Crippen molar-refractivity contribution in [1.82, 2.24) is 15.3 Å². The summed E-state index contributed by atoms with van der Waals surface area (Å²) in [6.07, 6.45) is 3.43. The van der Waals surface area contributed by atoms with Crippen LogP contribution < -0.4 is 10.6 Å². The van der Waals surface area contributed by atoms with Crippen LogP contribution in [0.2, 0.25) is 0 Å². The molecule has 0 aromatic carbocycles. The van der Waals surface area contributed by atoms with Gasteiger partial charge in [-0.15, -0.1) is 0 Å². The fraction of sp³-hybridized carbons (Fsp3) is 0.556. The highest BCUT2D eigenvalue weighted by atomic mass is 16.5. The van der Waals surface area contributed by atoms with Crippen molar-refractivity contribution in [3.05, 3.63) is 18.5 Å². The van der Waals surface area contributed by atoms with E-state index in [1.54, 1.807) is 25.6 Å². The second kappa shape index (κ2) is 7.23. The number of nitrogens with zero attached hydrogens (tertiary/aromatic N) is 2. The fourth-order valence-electron chi connectivity index (χ4n) is 0.952. The average molecular weight is 196 g/mol. The van der Waals surface area contributed by atoms with Crippen LogP contribution in [0.5, 0.6) is 0 Å². The van der Waals surface area contributed by atoms with Crippen molar-refractivity contribution in [2.45, 2.75) is 0 Å². The molecule has 5 nitrogen and oxygen atoms in total. The van der Waals surface area contributed by atoms with E-state index < -0.39 is 0 Å². The molecule has 14 heavy (non-hydrogen) atoms. The molecule has 0 spiro atoms. The molecule has 0 saturated carbocycles. The van der Waals surface area contributed by atoms with Gasteiger partial charge in [-0.2, -0.15) is 0 Å². The Hall–Kier alpha value is -1.20. The van der Waals surface area contributed by atoms with E-state index in [9.17, 15) is 0 Å². The first-order valence-corrected chi connectivity index (χ1v) is 4.64. The topological polar surface area (TPSA) is 59.1 Å². The van der Waals surface area contributed by atoms with Gasteiger partial charge in [0, 0.05) is 39.1 Å². The monoisotopic (exact) mass is 196 g/mol. The van der Waals surface area contributed by atoms with Crippen LogP contribution in [0.1, 0.15) is 0 Å². The first-order valence-electron chi connectivity index (χ1n) is 4.64. The summed E-state index contributed by atoms with van der Waals surface area (Å²) in [5.74, 6) is 0.668. The zero-order chi connectivity index (χ0) is 10.1. The van der Waals surface area contributed by atoms with Gasteiger partial charge in [-0.1, -0.05) is 0 Å². The van der Waals surface area contributed by atoms with Crippen molar-refractivity contribution in [1.29, 1.82) is 0 Å². The summed E-state index contributed by atoms with van der Waals surface area (Å²) in [7, 11) is 1.69. The van der Waals surface area contributed by atoms with Gasteiger partial charge in [0.1, 0.15) is 0 Å². The lowest BCUT2D eigenvalue weighted by atomic mass is 10.5. The lowest BCUT2D eigenvalue weighted by molar-refractivity contribution is 0.200. The highest BCUT2D eigenvalue weighted by Gasteiger charge is 1.91. The average Bonchev–Trinajstić information content (AvgIpc) is 2.25. The summed E-state index contributed by atoms with van der Waals surface area (Å²) in [5.41, 5.74) is 0. The molecule has 0 unspecified atom stereocenters. The van der Waals surface area contributed by atoms with Crippen LogP contribution in [0.3, 0.4) is 0 Å². The van der Waals surface area contributed by atoms with Crippen molar-refractivity contribution < 1.29 is 4.74 Å². The molecular formula is C9H16N4O. The predicted molar refractivity (Wildman–Crippen MR) is 55.3 cm³/mol.